The van der Waals surface area contributed by atoms with E-state index in [1.165, 1.54) is 0 Å². The van der Waals surface area contributed by atoms with Crippen molar-refractivity contribution in [1.29, 1.82) is 0 Å². The van der Waals surface area contributed by atoms with Gasteiger partial charge in [-0.15, -0.1) is 0 Å². The second-order valence-corrected chi connectivity index (χ2v) is 7.09. The average molecular weight is 394 g/mol. The molecule has 1 heterocycles. The molecule has 0 spiro atoms. The number of hydrogen-bond acceptors (Lipinski definition) is 4. The van der Waals surface area contributed by atoms with E-state index in [0.29, 0.717) is 17.8 Å². The summed E-state index contributed by atoms with van der Waals surface area (Å²) in [5, 5.41) is 2.74. The van der Waals surface area contributed by atoms with Crippen molar-refractivity contribution in [2.24, 2.45) is 0 Å². The second kappa shape index (κ2) is 9.87. The van der Waals surface area contributed by atoms with Crippen molar-refractivity contribution in [2.75, 3.05) is 18.5 Å². The molecule has 1 atom stereocenters. The van der Waals surface area contributed by atoms with Crippen LogP contribution in [0.4, 0.5) is 5.69 Å². The van der Waals surface area contributed by atoms with Crippen molar-refractivity contribution in [3.8, 4) is 0 Å². The van der Waals surface area contributed by atoms with Gasteiger partial charge >= 0.3 is 5.97 Å². The summed E-state index contributed by atoms with van der Waals surface area (Å²) in [6.07, 6.45) is 3.99. The molecule has 1 unspecified atom stereocenters. The Kier molecular flexibility index (Phi) is 7.00. The molecule has 6 heteroatoms. The first kappa shape index (κ1) is 20.6. The van der Waals surface area contributed by atoms with Crippen molar-refractivity contribution in [1.82, 2.24) is 4.90 Å². The molecule has 1 aliphatic rings. The minimum atomic E-state index is -0.632. The lowest BCUT2D eigenvalue weighted by Gasteiger charge is -2.35. The van der Waals surface area contributed by atoms with Gasteiger partial charge in [-0.2, -0.15) is 0 Å². The molecule has 3 rings (SSSR count). The van der Waals surface area contributed by atoms with E-state index in [1.807, 2.05) is 11.0 Å². The molecule has 29 heavy (non-hydrogen) atoms. The van der Waals surface area contributed by atoms with Crippen LogP contribution in [0.25, 0.3) is 0 Å². The Hall–Kier alpha value is -3.15. The molecule has 1 aliphatic heterocycles. The van der Waals surface area contributed by atoms with E-state index >= 15 is 0 Å². The highest BCUT2D eigenvalue weighted by Gasteiger charge is 2.26. The number of carbonyl (C=O) groups excluding carboxylic acids is 3. The van der Waals surface area contributed by atoms with Crippen LogP contribution in [0.5, 0.6) is 0 Å². The molecule has 1 saturated heterocycles. The van der Waals surface area contributed by atoms with Crippen LogP contribution in [-0.2, 0) is 9.53 Å². The van der Waals surface area contributed by atoms with Gasteiger partial charge in [0.2, 0.25) is 0 Å². The van der Waals surface area contributed by atoms with Crippen LogP contribution < -0.4 is 5.32 Å². The molecule has 1 N–H and O–H groups in total. The summed E-state index contributed by atoms with van der Waals surface area (Å²) >= 11 is 0. The zero-order chi connectivity index (χ0) is 20.6. The summed E-state index contributed by atoms with van der Waals surface area (Å²) in [4.78, 5) is 39.3. The Balaban J connectivity index is 1.64. The molecule has 0 aliphatic carbocycles. The van der Waals surface area contributed by atoms with Crippen LogP contribution in [-0.4, -0.2) is 41.9 Å². The molecule has 0 saturated carbocycles. The number of amides is 2. The number of carbonyl (C=O) groups is 3. The van der Waals surface area contributed by atoms with Gasteiger partial charge in [0.25, 0.3) is 11.8 Å². The number of rotatable bonds is 6. The van der Waals surface area contributed by atoms with Crippen LogP contribution in [0.2, 0.25) is 0 Å². The summed E-state index contributed by atoms with van der Waals surface area (Å²) in [5.41, 5.74) is 1.06. The average Bonchev–Trinajstić information content (AvgIpc) is 2.78. The standard InChI is InChI=1S/C23H26N2O4/c1-2-18-12-8-9-15-25(18)21(26)16-29-23(28)19-13-6-7-14-20(19)24-22(27)17-10-4-3-5-11-17/h3-7,10-11,13-14,18H,2,8-9,12,15-16H2,1H3,(H,24,27). The Morgan fingerprint density at radius 1 is 1.03 bits per heavy atom. The van der Waals surface area contributed by atoms with Gasteiger partial charge in [-0.3, -0.25) is 9.59 Å². The summed E-state index contributed by atoms with van der Waals surface area (Å²) in [5.74, 6) is -1.12. The molecular formula is C23H26N2O4. The molecular weight excluding hydrogens is 368 g/mol. The van der Waals surface area contributed by atoms with Gasteiger partial charge in [0, 0.05) is 18.2 Å². The van der Waals surface area contributed by atoms with Crippen LogP contribution >= 0.6 is 0 Å². The SMILES string of the molecule is CCC1CCCCN1C(=O)COC(=O)c1ccccc1NC(=O)c1ccccc1. The van der Waals surface area contributed by atoms with Gasteiger partial charge in [0.15, 0.2) is 6.61 Å². The Morgan fingerprint density at radius 2 is 1.76 bits per heavy atom. The highest BCUT2D eigenvalue weighted by atomic mass is 16.5. The number of likely N-dealkylation sites (tertiary alicyclic amines) is 1. The van der Waals surface area contributed by atoms with Gasteiger partial charge in [0.05, 0.1) is 11.3 Å². The van der Waals surface area contributed by atoms with E-state index < -0.39 is 5.97 Å². The maximum atomic E-state index is 12.6. The quantitative estimate of drug-likeness (QED) is 0.755. The first-order valence-electron chi connectivity index (χ1n) is 10.0. The third-order valence-corrected chi connectivity index (χ3v) is 5.18. The Bertz CT molecular complexity index is 866. The van der Waals surface area contributed by atoms with E-state index in [0.717, 1.165) is 25.7 Å². The van der Waals surface area contributed by atoms with Crippen LogP contribution in [0.15, 0.2) is 54.6 Å². The lowest BCUT2D eigenvalue weighted by molar-refractivity contribution is -0.138. The normalized spacial score (nSPS) is 16.2. The zero-order valence-electron chi connectivity index (χ0n) is 16.6. The van der Waals surface area contributed by atoms with E-state index in [2.05, 4.69) is 12.2 Å². The van der Waals surface area contributed by atoms with E-state index in [-0.39, 0.29) is 30.0 Å². The Morgan fingerprint density at radius 3 is 2.52 bits per heavy atom. The molecule has 6 nitrogen and oxygen atoms in total. The number of hydrogen-bond donors (Lipinski definition) is 1. The van der Waals surface area contributed by atoms with Crippen molar-refractivity contribution < 1.29 is 19.1 Å². The molecule has 1 fully saturated rings. The minimum absolute atomic E-state index is 0.171. The first-order chi connectivity index (χ1) is 14.1. The summed E-state index contributed by atoms with van der Waals surface area (Å²) in [6, 6.07) is 15.6. The number of esters is 1. The van der Waals surface area contributed by atoms with Gasteiger partial charge in [-0.1, -0.05) is 37.3 Å². The van der Waals surface area contributed by atoms with Gasteiger partial charge < -0.3 is 15.0 Å². The largest absolute Gasteiger partial charge is 0.452 e. The van der Waals surface area contributed by atoms with Crippen molar-refractivity contribution in [2.45, 2.75) is 38.6 Å². The number of para-hydroxylation sites is 1. The number of nitrogens with zero attached hydrogens (tertiary/aromatic N) is 1. The fourth-order valence-corrected chi connectivity index (χ4v) is 3.60. The van der Waals surface area contributed by atoms with E-state index in [1.54, 1.807) is 48.5 Å². The fourth-order valence-electron chi connectivity index (χ4n) is 3.60. The number of anilines is 1. The zero-order valence-corrected chi connectivity index (χ0v) is 16.6. The summed E-state index contributed by atoms with van der Waals surface area (Å²) in [7, 11) is 0. The van der Waals surface area contributed by atoms with Crippen LogP contribution in [0.3, 0.4) is 0 Å². The molecule has 2 aromatic rings. The van der Waals surface area contributed by atoms with Crippen molar-refractivity contribution >= 4 is 23.5 Å². The summed E-state index contributed by atoms with van der Waals surface area (Å²) in [6.45, 7) is 2.48. The smallest absolute Gasteiger partial charge is 0.340 e. The van der Waals surface area contributed by atoms with Crippen LogP contribution in [0.1, 0.15) is 53.3 Å². The van der Waals surface area contributed by atoms with Crippen molar-refractivity contribution in [3.05, 3.63) is 65.7 Å². The van der Waals surface area contributed by atoms with Gasteiger partial charge in [-0.05, 0) is 49.9 Å². The summed E-state index contributed by atoms with van der Waals surface area (Å²) < 4.78 is 5.28. The monoisotopic (exact) mass is 394 g/mol. The number of benzene rings is 2. The third-order valence-electron chi connectivity index (χ3n) is 5.18. The number of ether oxygens (including phenoxy) is 1. The number of nitrogens with one attached hydrogen (secondary N) is 1. The lowest BCUT2D eigenvalue weighted by Crippen LogP contribution is -2.45. The third kappa shape index (κ3) is 5.22. The Labute approximate surface area is 170 Å². The predicted octanol–water partition coefficient (Wildman–Crippen LogP) is 3.89. The highest BCUT2D eigenvalue weighted by Crippen LogP contribution is 2.21. The maximum Gasteiger partial charge on any atom is 0.340 e. The van der Waals surface area contributed by atoms with Crippen LogP contribution in [0, 0.1) is 0 Å². The minimum Gasteiger partial charge on any atom is -0.452 e. The molecule has 2 aromatic carbocycles. The maximum absolute atomic E-state index is 12.6. The lowest BCUT2D eigenvalue weighted by atomic mass is 10.00. The number of piperidine rings is 1. The van der Waals surface area contributed by atoms with E-state index in [9.17, 15) is 14.4 Å². The van der Waals surface area contributed by atoms with Gasteiger partial charge in [0.1, 0.15) is 0 Å². The van der Waals surface area contributed by atoms with E-state index in [4.69, 9.17) is 4.74 Å². The van der Waals surface area contributed by atoms with Gasteiger partial charge in [-0.25, -0.2) is 4.79 Å². The highest BCUT2D eigenvalue weighted by molar-refractivity contribution is 6.08. The fraction of sp³-hybridized carbons (Fsp3) is 0.348. The predicted molar refractivity (Wildman–Crippen MR) is 111 cm³/mol. The molecule has 0 aromatic heterocycles. The first-order valence-corrected chi connectivity index (χ1v) is 10.0. The second-order valence-electron chi connectivity index (χ2n) is 7.09. The molecule has 2 amide bonds. The topological polar surface area (TPSA) is 75.7 Å². The molecule has 0 bridgehead atoms. The van der Waals surface area contributed by atoms with Crippen molar-refractivity contribution in [3.63, 3.8) is 0 Å². The molecule has 152 valence electrons. The molecule has 0 radical (unpaired) electrons.